The van der Waals surface area contributed by atoms with Gasteiger partial charge in [0, 0.05) is 0 Å². The average Bonchev–Trinajstić information content (AvgIpc) is 2.10. The van der Waals surface area contributed by atoms with Crippen molar-refractivity contribution in [3.05, 3.63) is 21.5 Å². The molecule has 0 aromatic heterocycles. The Labute approximate surface area is 83.8 Å². The molecule has 4 heteroatoms. The van der Waals surface area contributed by atoms with Crippen molar-refractivity contribution in [1.82, 2.24) is 0 Å². The van der Waals surface area contributed by atoms with Crippen LogP contribution in [0, 0.1) is 9.39 Å². The fourth-order valence-corrected chi connectivity index (χ4v) is 1.50. The number of hydrogen-bond acceptors (Lipinski definition) is 2. The van der Waals surface area contributed by atoms with Crippen molar-refractivity contribution in [3.63, 3.8) is 0 Å². The Morgan fingerprint density at radius 2 is 1.67 bits per heavy atom. The molecule has 0 aliphatic heterocycles. The topological polar surface area (TPSA) is 18.5 Å². The van der Waals surface area contributed by atoms with Gasteiger partial charge in [0.05, 0.1) is 17.8 Å². The SMILES string of the molecule is COc1ccc(OC)c(I)c1F. The van der Waals surface area contributed by atoms with Crippen LogP contribution in [0.25, 0.3) is 0 Å². The summed E-state index contributed by atoms with van der Waals surface area (Å²) in [6, 6.07) is 3.21. The predicted molar refractivity (Wildman–Crippen MR) is 52.2 cm³/mol. The molecule has 0 radical (unpaired) electrons. The van der Waals surface area contributed by atoms with Crippen LogP contribution in [0.2, 0.25) is 0 Å². The summed E-state index contributed by atoms with van der Waals surface area (Å²) in [5.41, 5.74) is 0. The number of benzene rings is 1. The highest BCUT2D eigenvalue weighted by Crippen LogP contribution is 2.29. The molecule has 0 bridgehead atoms. The molecule has 0 unspecified atom stereocenters. The smallest absolute Gasteiger partial charge is 0.182 e. The molecule has 1 rings (SSSR count). The Kier molecular flexibility index (Phi) is 3.13. The maximum absolute atomic E-state index is 13.2. The Hall–Kier alpha value is -0.520. The molecule has 0 N–H and O–H groups in total. The number of hydrogen-bond donors (Lipinski definition) is 0. The maximum Gasteiger partial charge on any atom is 0.182 e. The first-order valence-electron chi connectivity index (χ1n) is 3.26. The van der Waals surface area contributed by atoms with E-state index in [0.29, 0.717) is 9.32 Å². The van der Waals surface area contributed by atoms with Crippen LogP contribution in [-0.4, -0.2) is 14.2 Å². The third-order valence-corrected chi connectivity index (χ3v) is 2.46. The van der Waals surface area contributed by atoms with Gasteiger partial charge in [-0.15, -0.1) is 0 Å². The second-order valence-corrected chi connectivity index (χ2v) is 3.18. The molecule has 12 heavy (non-hydrogen) atoms. The second kappa shape index (κ2) is 3.93. The van der Waals surface area contributed by atoms with E-state index >= 15 is 0 Å². The molecular formula is C8H8FIO2. The molecule has 0 saturated carbocycles. The molecular weight excluding hydrogens is 274 g/mol. The summed E-state index contributed by atoms with van der Waals surface area (Å²) in [6.45, 7) is 0. The van der Waals surface area contributed by atoms with E-state index in [1.165, 1.54) is 20.3 Å². The largest absolute Gasteiger partial charge is 0.496 e. The fourth-order valence-electron chi connectivity index (χ4n) is 0.829. The highest BCUT2D eigenvalue weighted by Gasteiger charge is 2.11. The van der Waals surface area contributed by atoms with E-state index in [2.05, 4.69) is 0 Å². The Morgan fingerprint density at radius 3 is 2.17 bits per heavy atom. The van der Waals surface area contributed by atoms with Crippen molar-refractivity contribution >= 4 is 22.6 Å². The molecule has 0 heterocycles. The summed E-state index contributed by atoms with van der Waals surface area (Å²) in [4.78, 5) is 0. The van der Waals surface area contributed by atoms with Gasteiger partial charge in [-0.05, 0) is 34.7 Å². The average molecular weight is 282 g/mol. The summed E-state index contributed by atoms with van der Waals surface area (Å²) >= 11 is 1.87. The van der Waals surface area contributed by atoms with Crippen molar-refractivity contribution < 1.29 is 13.9 Å². The minimum atomic E-state index is -0.377. The lowest BCUT2D eigenvalue weighted by atomic mass is 10.3. The maximum atomic E-state index is 13.2. The van der Waals surface area contributed by atoms with Crippen molar-refractivity contribution in [2.45, 2.75) is 0 Å². The molecule has 0 fully saturated rings. The first-order chi connectivity index (χ1) is 5.70. The summed E-state index contributed by atoms with van der Waals surface area (Å²) < 4.78 is 23.4. The van der Waals surface area contributed by atoms with Gasteiger partial charge in [0.1, 0.15) is 5.75 Å². The molecule has 0 spiro atoms. The lowest BCUT2D eigenvalue weighted by Gasteiger charge is -2.06. The molecule has 1 aromatic rings. The van der Waals surface area contributed by atoms with Crippen molar-refractivity contribution in [2.75, 3.05) is 14.2 Å². The highest BCUT2D eigenvalue weighted by atomic mass is 127. The van der Waals surface area contributed by atoms with Crippen LogP contribution in [0.15, 0.2) is 12.1 Å². The zero-order chi connectivity index (χ0) is 9.14. The van der Waals surface area contributed by atoms with E-state index in [1.807, 2.05) is 22.6 Å². The van der Waals surface area contributed by atoms with Crippen LogP contribution >= 0.6 is 22.6 Å². The summed E-state index contributed by atoms with van der Waals surface area (Å²) in [7, 11) is 2.93. The number of ether oxygens (including phenoxy) is 2. The standard InChI is InChI=1S/C8H8FIO2/c1-11-5-3-4-6(12-2)8(10)7(5)9/h3-4H,1-2H3. The third kappa shape index (κ3) is 1.63. The number of rotatable bonds is 2. The molecule has 0 aliphatic carbocycles. The first-order valence-corrected chi connectivity index (χ1v) is 4.34. The van der Waals surface area contributed by atoms with E-state index in [1.54, 1.807) is 6.07 Å². The number of halogens is 2. The molecule has 0 amide bonds. The lowest BCUT2D eigenvalue weighted by molar-refractivity contribution is 0.374. The van der Waals surface area contributed by atoms with Crippen LogP contribution in [-0.2, 0) is 0 Å². The predicted octanol–water partition coefficient (Wildman–Crippen LogP) is 2.45. The van der Waals surface area contributed by atoms with E-state index < -0.39 is 0 Å². The summed E-state index contributed by atoms with van der Waals surface area (Å²) in [5, 5.41) is 0. The van der Waals surface area contributed by atoms with Crippen molar-refractivity contribution in [2.24, 2.45) is 0 Å². The molecule has 66 valence electrons. The van der Waals surface area contributed by atoms with Crippen LogP contribution in [0.3, 0.4) is 0 Å². The molecule has 1 aromatic carbocycles. The normalized spacial score (nSPS) is 9.67. The first kappa shape index (κ1) is 9.57. The van der Waals surface area contributed by atoms with Gasteiger partial charge in [0.15, 0.2) is 11.6 Å². The third-order valence-electron chi connectivity index (χ3n) is 1.45. The van der Waals surface area contributed by atoms with Gasteiger partial charge in [0.25, 0.3) is 0 Å². The quantitative estimate of drug-likeness (QED) is 0.776. The van der Waals surface area contributed by atoms with Gasteiger partial charge in [-0.3, -0.25) is 0 Å². The fraction of sp³-hybridized carbons (Fsp3) is 0.250. The molecule has 2 nitrogen and oxygen atoms in total. The van der Waals surface area contributed by atoms with Gasteiger partial charge in [0.2, 0.25) is 0 Å². The van der Waals surface area contributed by atoms with Gasteiger partial charge in [-0.1, -0.05) is 0 Å². The zero-order valence-electron chi connectivity index (χ0n) is 6.73. The van der Waals surface area contributed by atoms with Crippen LogP contribution in [0.1, 0.15) is 0 Å². The van der Waals surface area contributed by atoms with Crippen LogP contribution < -0.4 is 9.47 Å². The second-order valence-electron chi connectivity index (χ2n) is 2.10. The highest BCUT2D eigenvalue weighted by molar-refractivity contribution is 14.1. The minimum absolute atomic E-state index is 0.236. The van der Waals surface area contributed by atoms with Crippen LogP contribution in [0.4, 0.5) is 4.39 Å². The van der Waals surface area contributed by atoms with Gasteiger partial charge in [-0.25, -0.2) is 4.39 Å². The van der Waals surface area contributed by atoms with E-state index in [9.17, 15) is 4.39 Å². The number of methoxy groups -OCH3 is 2. The van der Waals surface area contributed by atoms with Crippen LogP contribution in [0.5, 0.6) is 11.5 Å². The summed E-state index contributed by atoms with van der Waals surface area (Å²) in [6.07, 6.45) is 0. The molecule has 0 saturated heterocycles. The zero-order valence-corrected chi connectivity index (χ0v) is 8.88. The minimum Gasteiger partial charge on any atom is -0.496 e. The monoisotopic (exact) mass is 282 g/mol. The van der Waals surface area contributed by atoms with E-state index in [4.69, 9.17) is 9.47 Å². The Morgan fingerprint density at radius 1 is 1.17 bits per heavy atom. The summed E-state index contributed by atoms with van der Waals surface area (Å²) in [5.74, 6) is 0.381. The van der Waals surface area contributed by atoms with E-state index in [-0.39, 0.29) is 11.6 Å². The van der Waals surface area contributed by atoms with E-state index in [0.717, 1.165) is 0 Å². The molecule has 0 atom stereocenters. The Balaban J connectivity index is 3.20. The van der Waals surface area contributed by atoms with Crippen molar-refractivity contribution in [3.8, 4) is 11.5 Å². The van der Waals surface area contributed by atoms with Gasteiger partial charge in [-0.2, -0.15) is 0 Å². The lowest BCUT2D eigenvalue weighted by Crippen LogP contribution is -1.94. The molecule has 0 aliphatic rings. The van der Waals surface area contributed by atoms with Gasteiger partial charge >= 0.3 is 0 Å². The Bertz CT molecular complexity index is 260. The van der Waals surface area contributed by atoms with Gasteiger partial charge < -0.3 is 9.47 Å². The van der Waals surface area contributed by atoms with Crippen molar-refractivity contribution in [1.29, 1.82) is 0 Å².